The van der Waals surface area contributed by atoms with Gasteiger partial charge in [0.2, 0.25) is 5.91 Å². The van der Waals surface area contributed by atoms with Gasteiger partial charge < -0.3 is 15.0 Å². The molecule has 160 valence electrons. The van der Waals surface area contributed by atoms with Gasteiger partial charge in [-0.25, -0.2) is 4.98 Å². The lowest BCUT2D eigenvalue weighted by Gasteiger charge is -2.23. The highest BCUT2D eigenvalue weighted by molar-refractivity contribution is 6.30. The van der Waals surface area contributed by atoms with E-state index in [-0.39, 0.29) is 11.8 Å². The quantitative estimate of drug-likeness (QED) is 0.478. The third-order valence-electron chi connectivity index (χ3n) is 5.63. The summed E-state index contributed by atoms with van der Waals surface area (Å²) in [5, 5.41) is 3.73. The maximum absolute atomic E-state index is 12.5. The van der Waals surface area contributed by atoms with Crippen molar-refractivity contribution in [3.8, 4) is 17.0 Å². The first-order chi connectivity index (χ1) is 15.2. The molecule has 1 aliphatic carbocycles. The normalized spacial score (nSPS) is 16.0. The van der Waals surface area contributed by atoms with E-state index in [2.05, 4.69) is 21.4 Å². The van der Waals surface area contributed by atoms with Gasteiger partial charge in [0.05, 0.1) is 12.0 Å². The van der Waals surface area contributed by atoms with Gasteiger partial charge in [0.15, 0.2) is 0 Å². The van der Waals surface area contributed by atoms with Gasteiger partial charge in [0.1, 0.15) is 12.4 Å². The number of allylic oxidation sites excluding steroid dienone is 1. The Morgan fingerprint density at radius 3 is 2.81 bits per heavy atom. The van der Waals surface area contributed by atoms with E-state index < -0.39 is 0 Å². The summed E-state index contributed by atoms with van der Waals surface area (Å²) in [4.78, 5) is 19.8. The third-order valence-corrected chi connectivity index (χ3v) is 5.86. The van der Waals surface area contributed by atoms with Crippen LogP contribution in [0.15, 0.2) is 72.7 Å². The van der Waals surface area contributed by atoms with Gasteiger partial charge >= 0.3 is 0 Å². The average molecular weight is 436 g/mol. The number of carbonyl (C=O) groups excluding carboxylic acids is 1. The number of aromatic amines is 1. The van der Waals surface area contributed by atoms with Crippen LogP contribution in [0.2, 0.25) is 5.02 Å². The first-order valence-electron chi connectivity index (χ1n) is 10.6. The molecule has 0 unspecified atom stereocenters. The topological polar surface area (TPSA) is 67.0 Å². The number of amides is 1. The first-order valence-corrected chi connectivity index (χ1v) is 11.0. The minimum atomic E-state index is 0.0673. The Kier molecular flexibility index (Phi) is 7.05. The molecule has 1 aromatic heterocycles. The Balaban J connectivity index is 1.24. The Labute approximate surface area is 187 Å². The van der Waals surface area contributed by atoms with Gasteiger partial charge in [-0.3, -0.25) is 4.79 Å². The van der Waals surface area contributed by atoms with Gasteiger partial charge in [0.25, 0.3) is 0 Å². The summed E-state index contributed by atoms with van der Waals surface area (Å²) < 4.78 is 6.01. The van der Waals surface area contributed by atoms with Crippen molar-refractivity contribution in [1.82, 2.24) is 15.3 Å². The number of aromatic nitrogens is 2. The molecule has 6 heteroatoms. The number of benzene rings is 2. The van der Waals surface area contributed by atoms with Crippen LogP contribution >= 0.6 is 11.6 Å². The number of nitrogens with one attached hydrogen (secondary N) is 2. The number of hydrogen-bond donors (Lipinski definition) is 2. The SMILES string of the molecule is O=C(NCc1cccc(Cl)c1)C1CCC(=CCOc2ccccc2-c2c[nH]cn2)CC1. The van der Waals surface area contributed by atoms with Crippen LogP contribution in [0.5, 0.6) is 5.75 Å². The van der Waals surface area contributed by atoms with Crippen LogP contribution in [0.4, 0.5) is 0 Å². The molecule has 0 radical (unpaired) electrons. The minimum absolute atomic E-state index is 0.0673. The molecule has 31 heavy (non-hydrogen) atoms. The largest absolute Gasteiger partial charge is 0.489 e. The summed E-state index contributed by atoms with van der Waals surface area (Å²) in [7, 11) is 0. The maximum atomic E-state index is 12.5. The lowest BCUT2D eigenvalue weighted by atomic mass is 9.85. The van der Waals surface area contributed by atoms with E-state index in [1.165, 1.54) is 5.57 Å². The Bertz CT molecular complexity index is 1040. The predicted octanol–water partition coefficient (Wildman–Crippen LogP) is 5.54. The molecule has 0 atom stereocenters. The molecule has 3 aromatic rings. The molecule has 5 nitrogen and oxygen atoms in total. The highest BCUT2D eigenvalue weighted by Crippen LogP contribution is 2.30. The van der Waals surface area contributed by atoms with Crippen molar-refractivity contribution in [2.24, 2.45) is 5.92 Å². The summed E-state index contributed by atoms with van der Waals surface area (Å²) in [5.74, 6) is 1.02. The van der Waals surface area contributed by atoms with Gasteiger partial charge in [-0.2, -0.15) is 0 Å². The lowest BCUT2D eigenvalue weighted by molar-refractivity contribution is -0.125. The van der Waals surface area contributed by atoms with Gasteiger partial charge in [-0.1, -0.05) is 41.4 Å². The van der Waals surface area contributed by atoms with E-state index in [0.717, 1.165) is 48.3 Å². The number of imidazole rings is 1. The lowest BCUT2D eigenvalue weighted by Crippen LogP contribution is -2.31. The number of H-pyrrole nitrogens is 1. The number of hydrogen-bond acceptors (Lipinski definition) is 3. The molecule has 0 saturated heterocycles. The summed E-state index contributed by atoms with van der Waals surface area (Å²) in [6.07, 6.45) is 9.28. The zero-order valence-electron chi connectivity index (χ0n) is 17.3. The molecule has 0 aliphatic heterocycles. The van der Waals surface area contributed by atoms with Crippen LogP contribution in [0.1, 0.15) is 31.2 Å². The van der Waals surface area contributed by atoms with Crippen molar-refractivity contribution in [1.29, 1.82) is 0 Å². The highest BCUT2D eigenvalue weighted by atomic mass is 35.5. The number of halogens is 1. The molecule has 1 fully saturated rings. The molecule has 2 N–H and O–H groups in total. The van der Waals surface area contributed by atoms with Crippen molar-refractivity contribution in [2.45, 2.75) is 32.2 Å². The van der Waals surface area contributed by atoms with E-state index in [0.29, 0.717) is 18.2 Å². The van der Waals surface area contributed by atoms with E-state index >= 15 is 0 Å². The van der Waals surface area contributed by atoms with Crippen LogP contribution < -0.4 is 10.1 Å². The van der Waals surface area contributed by atoms with E-state index in [1.807, 2.05) is 54.7 Å². The average Bonchev–Trinajstić information content (AvgIpc) is 3.33. The van der Waals surface area contributed by atoms with Crippen molar-refractivity contribution in [2.75, 3.05) is 6.61 Å². The minimum Gasteiger partial charge on any atom is -0.489 e. The molecule has 0 bridgehead atoms. The molecule has 1 saturated carbocycles. The van der Waals surface area contributed by atoms with Crippen LogP contribution in [0.25, 0.3) is 11.3 Å². The molecule has 1 amide bonds. The second-order valence-corrected chi connectivity index (χ2v) is 8.18. The second-order valence-electron chi connectivity index (χ2n) is 7.75. The van der Waals surface area contributed by atoms with Crippen LogP contribution in [-0.2, 0) is 11.3 Å². The second kappa shape index (κ2) is 10.3. The van der Waals surface area contributed by atoms with Gasteiger partial charge in [-0.15, -0.1) is 0 Å². The molecule has 1 aliphatic rings. The predicted molar refractivity (Wildman–Crippen MR) is 123 cm³/mol. The maximum Gasteiger partial charge on any atom is 0.223 e. The summed E-state index contributed by atoms with van der Waals surface area (Å²) >= 11 is 6.01. The number of carbonyl (C=O) groups is 1. The van der Waals surface area contributed by atoms with Crippen LogP contribution in [-0.4, -0.2) is 22.5 Å². The number of para-hydroxylation sites is 1. The van der Waals surface area contributed by atoms with Crippen molar-refractivity contribution < 1.29 is 9.53 Å². The molecular formula is C25H26ClN3O2. The molecule has 0 spiro atoms. The monoisotopic (exact) mass is 435 g/mol. The van der Waals surface area contributed by atoms with Crippen molar-refractivity contribution >= 4 is 17.5 Å². The van der Waals surface area contributed by atoms with Crippen molar-refractivity contribution in [3.05, 3.63) is 83.3 Å². The number of rotatable bonds is 7. The fourth-order valence-electron chi connectivity index (χ4n) is 3.90. The molecular weight excluding hydrogens is 410 g/mol. The zero-order chi connectivity index (χ0) is 21.5. The van der Waals surface area contributed by atoms with Crippen LogP contribution in [0.3, 0.4) is 0 Å². The third kappa shape index (κ3) is 5.76. The smallest absolute Gasteiger partial charge is 0.223 e. The number of ether oxygens (including phenoxy) is 1. The Hall–Kier alpha value is -3.05. The molecule has 2 aromatic carbocycles. The van der Waals surface area contributed by atoms with Crippen LogP contribution in [0, 0.1) is 5.92 Å². The standard InChI is InChI=1S/C25H26ClN3O2/c26-21-5-3-4-19(14-21)15-28-25(30)20-10-8-18(9-11-20)12-13-31-24-7-2-1-6-22(24)23-16-27-17-29-23/h1-7,12,14,16-17,20H,8-11,13,15H2,(H,27,29)(H,28,30). The highest BCUT2D eigenvalue weighted by Gasteiger charge is 2.23. The van der Waals surface area contributed by atoms with E-state index in [1.54, 1.807) is 6.33 Å². The Morgan fingerprint density at radius 1 is 1.19 bits per heavy atom. The zero-order valence-corrected chi connectivity index (χ0v) is 18.1. The fourth-order valence-corrected chi connectivity index (χ4v) is 4.11. The van der Waals surface area contributed by atoms with Gasteiger partial charge in [0, 0.05) is 29.2 Å². The summed E-state index contributed by atoms with van der Waals surface area (Å²) in [6.45, 7) is 1.03. The molecule has 1 heterocycles. The summed E-state index contributed by atoms with van der Waals surface area (Å²) in [6, 6.07) is 15.5. The first kappa shape index (κ1) is 21.2. The molecule has 4 rings (SSSR count). The van der Waals surface area contributed by atoms with Crippen molar-refractivity contribution in [3.63, 3.8) is 0 Å². The fraction of sp³-hybridized carbons (Fsp3) is 0.280. The summed E-state index contributed by atoms with van der Waals surface area (Å²) in [5.41, 5.74) is 4.22. The Morgan fingerprint density at radius 2 is 2.03 bits per heavy atom. The van der Waals surface area contributed by atoms with Gasteiger partial charge in [-0.05, 0) is 61.6 Å². The number of nitrogens with zero attached hydrogens (tertiary/aromatic N) is 1. The van der Waals surface area contributed by atoms with E-state index in [4.69, 9.17) is 16.3 Å². The van der Waals surface area contributed by atoms with E-state index in [9.17, 15) is 4.79 Å².